The molecule has 3 heterocycles. The first kappa shape index (κ1) is 20.4. The molecule has 0 unspecified atom stereocenters. The lowest BCUT2D eigenvalue weighted by Crippen LogP contribution is -2.36. The summed E-state index contributed by atoms with van der Waals surface area (Å²) in [5.41, 5.74) is 4.00. The minimum Gasteiger partial charge on any atom is -0.378 e. The van der Waals surface area contributed by atoms with Crippen molar-refractivity contribution in [3.63, 3.8) is 0 Å². The molecule has 10 heteroatoms. The van der Waals surface area contributed by atoms with E-state index >= 15 is 0 Å². The van der Waals surface area contributed by atoms with E-state index in [1.54, 1.807) is 41.2 Å². The second kappa shape index (κ2) is 8.21. The second-order valence-electron chi connectivity index (χ2n) is 7.55. The second-order valence-corrected chi connectivity index (χ2v) is 9.56. The zero-order chi connectivity index (χ0) is 22.1. The summed E-state index contributed by atoms with van der Waals surface area (Å²) in [6, 6.07) is 14.7. The number of nitrogens with zero attached hydrogens (tertiary/aromatic N) is 5. The maximum atomic E-state index is 11.7. The first-order valence-corrected chi connectivity index (χ1v) is 12.1. The molecule has 0 bridgehead atoms. The average molecular weight is 451 g/mol. The SMILES string of the molecule is CS(=O)(=O)c1ccc(-c2nccn3nc(Nc4ccc(N5CCOCC5)cc4)nc23)cc1. The number of nitrogens with one attached hydrogen (secondary N) is 1. The molecule has 9 nitrogen and oxygen atoms in total. The zero-order valence-electron chi connectivity index (χ0n) is 17.5. The summed E-state index contributed by atoms with van der Waals surface area (Å²) in [4.78, 5) is 11.6. The van der Waals surface area contributed by atoms with Gasteiger partial charge in [-0.1, -0.05) is 12.1 Å². The van der Waals surface area contributed by atoms with Gasteiger partial charge in [0.05, 0.1) is 18.1 Å². The van der Waals surface area contributed by atoms with Gasteiger partial charge in [-0.15, -0.1) is 5.10 Å². The fourth-order valence-corrected chi connectivity index (χ4v) is 4.27. The van der Waals surface area contributed by atoms with Crippen molar-refractivity contribution in [3.8, 4) is 11.3 Å². The monoisotopic (exact) mass is 450 g/mol. The molecule has 1 aliphatic heterocycles. The van der Waals surface area contributed by atoms with E-state index in [0.717, 1.165) is 43.2 Å². The van der Waals surface area contributed by atoms with Gasteiger partial charge in [0.25, 0.3) is 0 Å². The van der Waals surface area contributed by atoms with Crippen molar-refractivity contribution in [1.29, 1.82) is 0 Å². The van der Waals surface area contributed by atoms with E-state index in [0.29, 0.717) is 17.3 Å². The Balaban J connectivity index is 1.39. The van der Waals surface area contributed by atoms with Crippen LogP contribution < -0.4 is 10.2 Å². The highest BCUT2D eigenvalue weighted by Gasteiger charge is 2.14. The number of sulfone groups is 1. The highest BCUT2D eigenvalue weighted by atomic mass is 32.2. The van der Waals surface area contributed by atoms with Crippen LogP contribution in [0.3, 0.4) is 0 Å². The number of aromatic nitrogens is 4. The maximum Gasteiger partial charge on any atom is 0.247 e. The molecule has 0 spiro atoms. The summed E-state index contributed by atoms with van der Waals surface area (Å²) in [7, 11) is -3.26. The number of rotatable bonds is 5. The van der Waals surface area contributed by atoms with E-state index in [4.69, 9.17) is 4.74 Å². The van der Waals surface area contributed by atoms with Crippen LogP contribution in [-0.4, -0.2) is 60.6 Å². The van der Waals surface area contributed by atoms with Crippen LogP contribution in [0, 0.1) is 0 Å². The maximum absolute atomic E-state index is 11.7. The Hall–Kier alpha value is -3.50. The van der Waals surface area contributed by atoms with E-state index in [-0.39, 0.29) is 4.90 Å². The lowest BCUT2D eigenvalue weighted by molar-refractivity contribution is 0.122. The van der Waals surface area contributed by atoms with Gasteiger partial charge in [-0.05, 0) is 36.4 Å². The molecular formula is C22H22N6O3S. The molecule has 0 aliphatic carbocycles. The number of anilines is 3. The van der Waals surface area contributed by atoms with Crippen molar-refractivity contribution in [1.82, 2.24) is 19.6 Å². The highest BCUT2D eigenvalue weighted by molar-refractivity contribution is 7.90. The zero-order valence-corrected chi connectivity index (χ0v) is 18.3. The molecule has 5 rings (SSSR count). The minimum atomic E-state index is -3.26. The van der Waals surface area contributed by atoms with E-state index in [1.165, 1.54) is 6.26 Å². The van der Waals surface area contributed by atoms with Gasteiger partial charge in [0.15, 0.2) is 15.5 Å². The van der Waals surface area contributed by atoms with Crippen LogP contribution >= 0.6 is 0 Å². The third-order valence-electron chi connectivity index (χ3n) is 5.31. The molecule has 164 valence electrons. The molecular weight excluding hydrogens is 428 g/mol. The Morgan fingerprint density at radius 3 is 2.41 bits per heavy atom. The number of morpholine rings is 1. The van der Waals surface area contributed by atoms with Gasteiger partial charge >= 0.3 is 0 Å². The number of hydrogen-bond acceptors (Lipinski definition) is 8. The number of ether oxygens (including phenoxy) is 1. The smallest absolute Gasteiger partial charge is 0.247 e. The van der Waals surface area contributed by atoms with Crippen molar-refractivity contribution < 1.29 is 13.2 Å². The molecule has 1 aliphatic rings. The number of fused-ring (bicyclic) bond motifs is 1. The predicted octanol–water partition coefficient (Wildman–Crippen LogP) is 2.78. The molecule has 1 fully saturated rings. The quantitative estimate of drug-likeness (QED) is 0.495. The Morgan fingerprint density at radius 1 is 1.00 bits per heavy atom. The Labute approximate surface area is 185 Å². The molecule has 1 N–H and O–H groups in total. The van der Waals surface area contributed by atoms with Gasteiger partial charge < -0.3 is 15.0 Å². The summed E-state index contributed by atoms with van der Waals surface area (Å²) in [5, 5.41) is 7.73. The molecule has 0 radical (unpaired) electrons. The normalized spacial score (nSPS) is 14.6. The van der Waals surface area contributed by atoms with Crippen LogP contribution in [0.2, 0.25) is 0 Å². The topological polar surface area (TPSA) is 102 Å². The Bertz CT molecular complexity index is 1340. The molecule has 0 amide bonds. The largest absolute Gasteiger partial charge is 0.378 e. The predicted molar refractivity (Wildman–Crippen MR) is 122 cm³/mol. The Morgan fingerprint density at radius 2 is 1.72 bits per heavy atom. The fourth-order valence-electron chi connectivity index (χ4n) is 3.64. The van der Waals surface area contributed by atoms with Gasteiger partial charge in [-0.2, -0.15) is 4.98 Å². The van der Waals surface area contributed by atoms with Crippen LogP contribution in [0.4, 0.5) is 17.3 Å². The van der Waals surface area contributed by atoms with Crippen molar-refractivity contribution in [2.75, 3.05) is 42.8 Å². The number of benzene rings is 2. The highest BCUT2D eigenvalue weighted by Crippen LogP contribution is 2.25. The molecule has 2 aromatic heterocycles. The van der Waals surface area contributed by atoms with E-state index in [2.05, 4.69) is 37.4 Å². The molecule has 1 saturated heterocycles. The summed E-state index contributed by atoms with van der Waals surface area (Å²) >= 11 is 0. The fraction of sp³-hybridized carbons (Fsp3) is 0.227. The van der Waals surface area contributed by atoms with Crippen LogP contribution in [0.25, 0.3) is 16.9 Å². The van der Waals surface area contributed by atoms with Crippen molar-refractivity contribution in [2.45, 2.75) is 4.90 Å². The van der Waals surface area contributed by atoms with E-state index in [1.807, 2.05) is 12.1 Å². The first-order chi connectivity index (χ1) is 15.5. The van der Waals surface area contributed by atoms with Crippen LogP contribution in [-0.2, 0) is 14.6 Å². The van der Waals surface area contributed by atoms with E-state index in [9.17, 15) is 8.42 Å². The molecule has 4 aromatic rings. The third-order valence-corrected chi connectivity index (χ3v) is 6.44. The molecule has 0 saturated carbocycles. The summed E-state index contributed by atoms with van der Waals surface area (Å²) < 4.78 is 30.5. The average Bonchev–Trinajstić information content (AvgIpc) is 3.22. The molecule has 2 aromatic carbocycles. The number of hydrogen-bond donors (Lipinski definition) is 1. The van der Waals surface area contributed by atoms with Crippen molar-refractivity contribution in [3.05, 3.63) is 60.9 Å². The Kier molecular flexibility index (Phi) is 5.24. The third kappa shape index (κ3) is 4.14. The van der Waals surface area contributed by atoms with Gasteiger partial charge in [0, 0.05) is 48.7 Å². The molecule has 32 heavy (non-hydrogen) atoms. The van der Waals surface area contributed by atoms with Gasteiger partial charge in [-0.3, -0.25) is 4.98 Å². The van der Waals surface area contributed by atoms with Crippen LogP contribution in [0.15, 0.2) is 65.8 Å². The molecule has 0 atom stereocenters. The minimum absolute atomic E-state index is 0.262. The van der Waals surface area contributed by atoms with Gasteiger partial charge in [0.1, 0.15) is 5.69 Å². The summed E-state index contributed by atoms with van der Waals surface area (Å²) in [6.45, 7) is 3.28. The lowest BCUT2D eigenvalue weighted by Gasteiger charge is -2.28. The first-order valence-electron chi connectivity index (χ1n) is 10.2. The van der Waals surface area contributed by atoms with Gasteiger partial charge in [0.2, 0.25) is 5.95 Å². The van der Waals surface area contributed by atoms with Crippen molar-refractivity contribution in [2.24, 2.45) is 0 Å². The lowest BCUT2D eigenvalue weighted by atomic mass is 10.1. The summed E-state index contributed by atoms with van der Waals surface area (Å²) in [5.74, 6) is 0.450. The van der Waals surface area contributed by atoms with Gasteiger partial charge in [-0.25, -0.2) is 12.9 Å². The van der Waals surface area contributed by atoms with Crippen LogP contribution in [0.1, 0.15) is 0 Å². The summed E-state index contributed by atoms with van der Waals surface area (Å²) in [6.07, 6.45) is 4.55. The van der Waals surface area contributed by atoms with Crippen LogP contribution in [0.5, 0.6) is 0 Å². The van der Waals surface area contributed by atoms with Crippen molar-refractivity contribution >= 4 is 32.8 Å². The standard InChI is InChI=1S/C22H22N6O3S/c1-32(29,30)19-8-2-16(3-9-19)20-21-25-22(26-28(21)11-10-23-20)24-17-4-6-18(7-5-17)27-12-14-31-15-13-27/h2-11H,12-15H2,1H3,(H,24,26). The van der Waals surface area contributed by atoms with E-state index < -0.39 is 9.84 Å².